The van der Waals surface area contributed by atoms with Crippen LogP contribution in [0.25, 0.3) is 0 Å². The molecule has 56 valence electrons. The van der Waals surface area contributed by atoms with E-state index in [2.05, 4.69) is 20.8 Å². The minimum absolute atomic E-state index is 0.381. The first-order valence-electron chi connectivity index (χ1n) is 3.92. The van der Waals surface area contributed by atoms with Gasteiger partial charge in [0.05, 0.1) is 0 Å². The molecule has 0 saturated carbocycles. The van der Waals surface area contributed by atoms with E-state index in [1.165, 1.54) is 19.3 Å². The highest BCUT2D eigenvalue weighted by molar-refractivity contribution is 4.59. The summed E-state index contributed by atoms with van der Waals surface area (Å²) in [6.07, 6.45) is 3.78. The van der Waals surface area contributed by atoms with Gasteiger partial charge in [-0.05, 0) is 19.3 Å². The van der Waals surface area contributed by atoms with Crippen molar-refractivity contribution < 1.29 is 0 Å². The summed E-state index contributed by atoms with van der Waals surface area (Å²) in [6, 6.07) is 0.381. The molecule has 0 aliphatic heterocycles. The third-order valence-electron chi connectivity index (χ3n) is 1.56. The lowest BCUT2D eigenvalue weighted by Gasteiger charge is -2.11. The van der Waals surface area contributed by atoms with Crippen LogP contribution in [-0.2, 0) is 0 Å². The number of hydrogen-bond donors (Lipinski definition) is 1. The molecule has 2 unspecified atom stereocenters. The number of hydrogen-bond acceptors (Lipinski definition) is 1. The molecule has 0 aliphatic carbocycles. The van der Waals surface area contributed by atoms with Gasteiger partial charge in [0.2, 0.25) is 0 Å². The van der Waals surface area contributed by atoms with Gasteiger partial charge in [0.25, 0.3) is 0 Å². The summed E-state index contributed by atoms with van der Waals surface area (Å²) < 4.78 is 0. The fourth-order valence-corrected chi connectivity index (χ4v) is 1.25. The maximum atomic E-state index is 5.62. The van der Waals surface area contributed by atoms with E-state index in [0.717, 1.165) is 5.92 Å². The second kappa shape index (κ2) is 4.80. The van der Waals surface area contributed by atoms with Crippen molar-refractivity contribution >= 4 is 0 Å². The van der Waals surface area contributed by atoms with E-state index < -0.39 is 0 Å². The zero-order chi connectivity index (χ0) is 7.28. The summed E-state index contributed by atoms with van der Waals surface area (Å²) in [4.78, 5) is 0. The Balaban J connectivity index is 3.15. The van der Waals surface area contributed by atoms with Gasteiger partial charge in [-0.3, -0.25) is 0 Å². The smallest absolute Gasteiger partial charge is 0.00130 e. The second-order valence-corrected chi connectivity index (χ2v) is 3.11. The zero-order valence-corrected chi connectivity index (χ0v) is 6.85. The van der Waals surface area contributed by atoms with E-state index in [0.29, 0.717) is 6.04 Å². The maximum Gasteiger partial charge on any atom is 0.00130 e. The lowest BCUT2D eigenvalue weighted by Crippen LogP contribution is -2.18. The SMILES string of the molecule is CCCC(C)CC(C)N. The molecular weight excluding hydrogens is 110 g/mol. The highest BCUT2D eigenvalue weighted by Gasteiger charge is 2.02. The van der Waals surface area contributed by atoms with Crippen LogP contribution >= 0.6 is 0 Å². The van der Waals surface area contributed by atoms with Crippen molar-refractivity contribution in [3.63, 3.8) is 0 Å². The van der Waals surface area contributed by atoms with Crippen LogP contribution in [0.3, 0.4) is 0 Å². The molecule has 0 fully saturated rings. The molecule has 0 aromatic rings. The van der Waals surface area contributed by atoms with E-state index in [-0.39, 0.29) is 0 Å². The number of rotatable bonds is 4. The quantitative estimate of drug-likeness (QED) is 0.618. The highest BCUT2D eigenvalue weighted by Crippen LogP contribution is 2.10. The van der Waals surface area contributed by atoms with E-state index >= 15 is 0 Å². The van der Waals surface area contributed by atoms with Crippen molar-refractivity contribution in [1.29, 1.82) is 0 Å². The van der Waals surface area contributed by atoms with Gasteiger partial charge in [-0.15, -0.1) is 0 Å². The predicted octanol–water partition coefficient (Wildman–Crippen LogP) is 2.16. The molecule has 0 aromatic carbocycles. The molecule has 1 nitrogen and oxygen atoms in total. The predicted molar refractivity (Wildman–Crippen MR) is 42.3 cm³/mol. The Morgan fingerprint density at radius 2 is 1.89 bits per heavy atom. The minimum Gasteiger partial charge on any atom is -0.328 e. The van der Waals surface area contributed by atoms with Gasteiger partial charge in [-0.1, -0.05) is 26.7 Å². The summed E-state index contributed by atoms with van der Waals surface area (Å²) in [5.74, 6) is 0.815. The van der Waals surface area contributed by atoms with Crippen LogP contribution in [0.1, 0.15) is 40.0 Å². The minimum atomic E-state index is 0.381. The van der Waals surface area contributed by atoms with Crippen molar-refractivity contribution in [1.82, 2.24) is 0 Å². The van der Waals surface area contributed by atoms with Crippen molar-refractivity contribution in [3.8, 4) is 0 Å². The average Bonchev–Trinajstić information content (AvgIpc) is 1.63. The summed E-state index contributed by atoms with van der Waals surface area (Å²) >= 11 is 0. The fourth-order valence-electron chi connectivity index (χ4n) is 1.25. The van der Waals surface area contributed by atoms with Crippen molar-refractivity contribution in [2.75, 3.05) is 0 Å². The lowest BCUT2D eigenvalue weighted by atomic mass is 9.99. The average molecular weight is 129 g/mol. The molecule has 9 heavy (non-hydrogen) atoms. The molecule has 0 heterocycles. The Labute approximate surface area is 58.6 Å². The Morgan fingerprint density at radius 1 is 1.33 bits per heavy atom. The molecule has 2 atom stereocenters. The van der Waals surface area contributed by atoms with Crippen LogP contribution in [0.4, 0.5) is 0 Å². The standard InChI is InChI=1S/C8H19N/c1-4-5-7(2)6-8(3)9/h7-8H,4-6,9H2,1-3H3. The molecule has 2 N–H and O–H groups in total. The molecule has 0 radical (unpaired) electrons. The lowest BCUT2D eigenvalue weighted by molar-refractivity contribution is 0.447. The molecule has 0 bridgehead atoms. The first kappa shape index (κ1) is 8.96. The van der Waals surface area contributed by atoms with Gasteiger partial charge in [0, 0.05) is 6.04 Å². The van der Waals surface area contributed by atoms with Gasteiger partial charge in [-0.25, -0.2) is 0 Å². The normalized spacial score (nSPS) is 17.3. The summed E-state index contributed by atoms with van der Waals surface area (Å²) in [5, 5.41) is 0. The van der Waals surface area contributed by atoms with Gasteiger partial charge in [-0.2, -0.15) is 0 Å². The van der Waals surface area contributed by atoms with E-state index in [1.54, 1.807) is 0 Å². The first-order chi connectivity index (χ1) is 4.16. The van der Waals surface area contributed by atoms with Gasteiger partial charge < -0.3 is 5.73 Å². The topological polar surface area (TPSA) is 26.0 Å². The summed E-state index contributed by atoms with van der Waals surface area (Å²) in [5.41, 5.74) is 5.62. The Morgan fingerprint density at radius 3 is 2.22 bits per heavy atom. The molecule has 0 aromatic heterocycles. The van der Waals surface area contributed by atoms with Gasteiger partial charge in [0.15, 0.2) is 0 Å². The van der Waals surface area contributed by atoms with Gasteiger partial charge in [0.1, 0.15) is 0 Å². The fraction of sp³-hybridized carbons (Fsp3) is 1.00. The van der Waals surface area contributed by atoms with Crippen molar-refractivity contribution in [3.05, 3.63) is 0 Å². The largest absolute Gasteiger partial charge is 0.328 e. The van der Waals surface area contributed by atoms with Crippen molar-refractivity contribution in [2.45, 2.75) is 46.1 Å². The molecular formula is C8H19N. The van der Waals surface area contributed by atoms with E-state index in [9.17, 15) is 0 Å². The number of nitrogens with two attached hydrogens (primary N) is 1. The van der Waals surface area contributed by atoms with E-state index in [1.807, 2.05) is 0 Å². The van der Waals surface area contributed by atoms with Crippen LogP contribution in [0.15, 0.2) is 0 Å². The monoisotopic (exact) mass is 129 g/mol. The Kier molecular flexibility index (Phi) is 4.78. The molecule has 0 saturated heterocycles. The molecule has 0 rings (SSSR count). The summed E-state index contributed by atoms with van der Waals surface area (Å²) in [7, 11) is 0. The molecule has 0 amide bonds. The second-order valence-electron chi connectivity index (χ2n) is 3.11. The van der Waals surface area contributed by atoms with Crippen molar-refractivity contribution in [2.24, 2.45) is 11.7 Å². The van der Waals surface area contributed by atoms with Crippen LogP contribution in [-0.4, -0.2) is 6.04 Å². The zero-order valence-electron chi connectivity index (χ0n) is 6.85. The molecule has 0 spiro atoms. The highest BCUT2D eigenvalue weighted by atomic mass is 14.6. The van der Waals surface area contributed by atoms with Crippen LogP contribution in [0.2, 0.25) is 0 Å². The molecule has 0 aliphatic rings. The molecule has 1 heteroatoms. The van der Waals surface area contributed by atoms with Crippen LogP contribution < -0.4 is 5.73 Å². The van der Waals surface area contributed by atoms with Gasteiger partial charge >= 0.3 is 0 Å². The maximum absolute atomic E-state index is 5.62. The first-order valence-corrected chi connectivity index (χ1v) is 3.92. The van der Waals surface area contributed by atoms with Crippen LogP contribution in [0.5, 0.6) is 0 Å². The van der Waals surface area contributed by atoms with E-state index in [4.69, 9.17) is 5.73 Å². The third-order valence-corrected chi connectivity index (χ3v) is 1.56. The summed E-state index contributed by atoms with van der Waals surface area (Å²) in [6.45, 7) is 6.57. The Hall–Kier alpha value is -0.0400. The Bertz CT molecular complexity index is 59.6. The van der Waals surface area contributed by atoms with Crippen LogP contribution in [0, 0.1) is 5.92 Å². The third kappa shape index (κ3) is 5.84.